The predicted octanol–water partition coefficient (Wildman–Crippen LogP) is 7.40. The van der Waals surface area contributed by atoms with E-state index in [4.69, 9.17) is 10.2 Å². The minimum Gasteiger partial charge on any atom is -0.391 e. The van der Waals surface area contributed by atoms with Crippen LogP contribution in [0.15, 0.2) is 28.7 Å². The van der Waals surface area contributed by atoms with Crippen LogP contribution in [0, 0.1) is 116 Å². The fourth-order valence-electron chi connectivity index (χ4n) is 6.20. The van der Waals surface area contributed by atoms with Gasteiger partial charge in [0.1, 0.15) is 69.9 Å². The summed E-state index contributed by atoms with van der Waals surface area (Å²) in [7, 11) is 0.103. The van der Waals surface area contributed by atoms with Crippen molar-refractivity contribution in [1.29, 1.82) is 0 Å². The van der Waals surface area contributed by atoms with E-state index in [0.29, 0.717) is 0 Å². The third-order valence-electron chi connectivity index (χ3n) is 8.75. The number of hydrogen-bond acceptors (Lipinski definition) is 2. The molecule has 0 bridgehead atoms. The Bertz CT molecular complexity index is 2080. The third kappa shape index (κ3) is 8.04. The van der Waals surface area contributed by atoms with Gasteiger partial charge in [0.2, 0.25) is 0 Å². The zero-order chi connectivity index (χ0) is 45.5. The Morgan fingerprint density at radius 1 is 0.350 bits per heavy atom. The summed E-state index contributed by atoms with van der Waals surface area (Å²) in [5.74, 6) is -68.9. The summed E-state index contributed by atoms with van der Waals surface area (Å²) < 4.78 is 295. The van der Waals surface area contributed by atoms with Crippen molar-refractivity contribution < 1.29 is 98.0 Å². The molecule has 5 rings (SSSR count). The van der Waals surface area contributed by atoms with Gasteiger partial charge in [0, 0.05) is 10.0 Å². The molecule has 0 unspecified atom stereocenters. The summed E-state index contributed by atoms with van der Waals surface area (Å²) in [5, 5.41) is 17.8. The van der Waals surface area contributed by atoms with Crippen molar-refractivity contribution in [2.45, 2.75) is 5.75 Å². The molecule has 0 aliphatic heterocycles. The van der Waals surface area contributed by atoms with E-state index in [0.717, 1.165) is 21.7 Å². The van der Waals surface area contributed by atoms with Gasteiger partial charge in [-0.1, -0.05) is 28.1 Å². The molecule has 0 fully saturated rings. The number of aliphatic hydroxyl groups excluding tert-OH is 2. The number of hydrogen-bond donors (Lipinski definition) is 2. The molecule has 0 amide bonds. The van der Waals surface area contributed by atoms with Gasteiger partial charge >= 0.3 is 0 Å². The monoisotopic (exact) mass is 970 g/mol. The second-order valence-corrected chi connectivity index (χ2v) is 15.3. The molecule has 25 heteroatoms. The second-order valence-electron chi connectivity index (χ2n) is 12.0. The maximum atomic E-state index is 15.4. The third-order valence-corrected chi connectivity index (χ3v) is 11.5. The summed E-state index contributed by atoms with van der Waals surface area (Å²) in [6.45, 7) is 0.416. The van der Waals surface area contributed by atoms with E-state index in [1.54, 1.807) is 0 Å². The highest BCUT2D eigenvalue weighted by atomic mass is 79.9. The summed E-state index contributed by atoms with van der Waals surface area (Å²) >= 11 is 3.40. The Kier molecular flexibility index (Phi) is 15.0. The van der Waals surface area contributed by atoms with Crippen LogP contribution in [-0.2, 0) is 16.6 Å². The van der Waals surface area contributed by atoms with Crippen molar-refractivity contribution in [3.8, 4) is 0 Å². The standard InChI is InChI=1S/C24BF20.C11H16BrO2S/c26-5-1(6(27)14(35)21(42)13(5)34)25(2-7(28)15(36)22(43)16(37)8(2)29,3-9(30)17(38)23(44)18(39)10(3)31)4-11(32)19(40)24(45)20(41)12(4)33;12-11-3-1-10(2-4-11)9-15(7-5-13)8-6-14/h;1-4,13-14H,5-9H2/q-1;+1. The maximum absolute atomic E-state index is 15.4. The lowest BCUT2D eigenvalue weighted by atomic mass is 9.12. The fourth-order valence-corrected chi connectivity index (χ4v) is 8.13. The highest BCUT2D eigenvalue weighted by molar-refractivity contribution is 9.10. The van der Waals surface area contributed by atoms with Crippen LogP contribution in [0.25, 0.3) is 0 Å². The topological polar surface area (TPSA) is 40.5 Å². The molecular formula is C35H16BBrF20O2S. The molecule has 0 aliphatic carbocycles. The quantitative estimate of drug-likeness (QED) is 0.0505. The molecule has 5 aromatic carbocycles. The summed E-state index contributed by atoms with van der Waals surface area (Å²) in [6, 6.07) is 8.21. The Balaban J connectivity index is 0.000000445. The molecule has 2 N–H and O–H groups in total. The molecule has 0 aliphatic rings. The molecule has 60 heavy (non-hydrogen) atoms. The van der Waals surface area contributed by atoms with Gasteiger partial charge in [0.25, 0.3) is 0 Å². The summed E-state index contributed by atoms with van der Waals surface area (Å²) in [6.07, 6.45) is -7.22. The van der Waals surface area contributed by atoms with E-state index in [-0.39, 0.29) is 24.1 Å². The van der Waals surface area contributed by atoms with Gasteiger partial charge in [0.15, 0.2) is 69.8 Å². The second kappa shape index (κ2) is 18.6. The van der Waals surface area contributed by atoms with E-state index in [1.165, 1.54) is 5.56 Å². The van der Waals surface area contributed by atoms with Crippen LogP contribution in [-0.4, -0.2) is 41.1 Å². The molecule has 5 aromatic rings. The molecule has 2 nitrogen and oxygen atoms in total. The largest absolute Gasteiger partial charge is 0.391 e. The van der Waals surface area contributed by atoms with Crippen LogP contribution in [0.2, 0.25) is 0 Å². The first kappa shape index (κ1) is 48.2. The molecular weight excluding hydrogens is 955 g/mol. The molecule has 324 valence electrons. The molecule has 0 heterocycles. The molecule has 0 aromatic heterocycles. The Labute approximate surface area is 333 Å². The smallest absolute Gasteiger partial charge is 0.200 e. The first-order valence-corrected chi connectivity index (χ1v) is 18.3. The van der Waals surface area contributed by atoms with Crippen LogP contribution in [0.4, 0.5) is 87.8 Å². The van der Waals surface area contributed by atoms with Gasteiger partial charge < -0.3 is 10.2 Å². The van der Waals surface area contributed by atoms with Crippen molar-refractivity contribution in [3.63, 3.8) is 0 Å². The maximum Gasteiger partial charge on any atom is 0.200 e. The van der Waals surface area contributed by atoms with Gasteiger partial charge in [-0.25, -0.2) is 87.8 Å². The van der Waals surface area contributed by atoms with Crippen molar-refractivity contribution >= 4 is 54.8 Å². The van der Waals surface area contributed by atoms with Gasteiger partial charge in [-0.3, -0.25) is 0 Å². The van der Waals surface area contributed by atoms with Gasteiger partial charge in [-0.2, -0.15) is 0 Å². The van der Waals surface area contributed by atoms with Crippen LogP contribution in [0.5, 0.6) is 0 Å². The lowest BCUT2D eigenvalue weighted by Crippen LogP contribution is -2.81. The predicted molar refractivity (Wildman–Crippen MR) is 178 cm³/mol. The fraction of sp³-hybridized carbons (Fsp3) is 0.143. The normalized spacial score (nSPS) is 11.7. The number of halogens is 21. The minimum atomic E-state index is -7.22. The Hall–Kier alpha value is -4.49. The van der Waals surface area contributed by atoms with Crippen LogP contribution >= 0.6 is 15.9 Å². The van der Waals surface area contributed by atoms with Crippen LogP contribution < -0.4 is 21.9 Å². The SMILES string of the molecule is Fc1c(F)c(F)c([B-](c2c(F)c(F)c(F)c(F)c2F)(c2c(F)c(F)c(F)c(F)c2F)c2c(F)c(F)c(F)c(F)c2F)c(F)c1F.OCC[S+](CCO)Cc1ccc(Br)cc1. The zero-order valence-corrected chi connectivity index (χ0v) is 31.1. The average Bonchev–Trinajstić information content (AvgIpc) is 3.22. The lowest BCUT2D eigenvalue weighted by molar-refractivity contribution is 0.316. The van der Waals surface area contributed by atoms with Crippen LogP contribution in [0.1, 0.15) is 5.56 Å². The van der Waals surface area contributed by atoms with E-state index in [1.807, 2.05) is 12.1 Å². The van der Waals surface area contributed by atoms with Crippen molar-refractivity contribution in [2.24, 2.45) is 0 Å². The lowest BCUT2D eigenvalue weighted by Gasteiger charge is -2.44. The molecule has 0 spiro atoms. The number of benzene rings is 5. The highest BCUT2D eigenvalue weighted by Gasteiger charge is 2.52. The summed E-state index contributed by atoms with van der Waals surface area (Å²) in [4.78, 5) is 0. The van der Waals surface area contributed by atoms with E-state index in [9.17, 15) is 52.7 Å². The zero-order valence-electron chi connectivity index (χ0n) is 28.7. The minimum absolute atomic E-state index is 0.103. The van der Waals surface area contributed by atoms with E-state index in [2.05, 4.69) is 28.1 Å². The van der Waals surface area contributed by atoms with Gasteiger partial charge in [-0.15, -0.1) is 21.9 Å². The summed E-state index contributed by atoms with van der Waals surface area (Å²) in [5.41, 5.74) is -13.1. The average molecular weight is 971 g/mol. The molecule has 0 atom stereocenters. The Morgan fingerprint density at radius 3 is 0.750 bits per heavy atom. The first-order valence-electron chi connectivity index (χ1n) is 15.8. The Morgan fingerprint density at radius 2 is 0.550 bits per heavy atom. The molecule has 0 radical (unpaired) electrons. The number of rotatable bonds is 10. The van der Waals surface area contributed by atoms with Crippen LogP contribution in [0.3, 0.4) is 0 Å². The first-order chi connectivity index (χ1) is 28.0. The van der Waals surface area contributed by atoms with E-state index >= 15 is 35.1 Å². The van der Waals surface area contributed by atoms with Crippen molar-refractivity contribution in [2.75, 3.05) is 24.7 Å². The highest BCUT2D eigenvalue weighted by Crippen LogP contribution is 2.31. The van der Waals surface area contributed by atoms with Crippen molar-refractivity contribution in [1.82, 2.24) is 0 Å². The molecule has 0 saturated carbocycles. The van der Waals surface area contributed by atoms with E-state index < -0.39 is 144 Å². The van der Waals surface area contributed by atoms with Gasteiger partial charge in [-0.05, 0) is 23.0 Å². The van der Waals surface area contributed by atoms with Crippen molar-refractivity contribution in [3.05, 3.63) is 151 Å². The number of aliphatic hydroxyl groups is 2. The van der Waals surface area contributed by atoms with Gasteiger partial charge in [0.05, 0.1) is 13.2 Å². The molecule has 0 saturated heterocycles.